The predicted octanol–water partition coefficient (Wildman–Crippen LogP) is 7.93. The van der Waals surface area contributed by atoms with Gasteiger partial charge in [-0.05, 0) is 95.0 Å². The molecule has 0 spiro atoms. The summed E-state index contributed by atoms with van der Waals surface area (Å²) in [6.45, 7) is 29.7. The van der Waals surface area contributed by atoms with Crippen LogP contribution in [0.25, 0.3) is 0 Å². The largest absolute Gasteiger partial charge is 0.381 e. The van der Waals surface area contributed by atoms with Crippen LogP contribution in [0.1, 0.15) is 147 Å². The molecule has 1 aromatic carbocycles. The van der Waals surface area contributed by atoms with E-state index in [0.717, 1.165) is 23.8 Å². The van der Waals surface area contributed by atoms with Crippen molar-refractivity contribution in [2.75, 3.05) is 65.6 Å². The molecule has 19 heteroatoms. The van der Waals surface area contributed by atoms with Crippen molar-refractivity contribution in [2.45, 2.75) is 185 Å². The average molecular weight is 1150 g/mol. The van der Waals surface area contributed by atoms with Gasteiger partial charge >= 0.3 is 0 Å². The first-order valence-corrected chi connectivity index (χ1v) is 28.8. The van der Waals surface area contributed by atoms with Crippen LogP contribution in [0.15, 0.2) is 41.0 Å². The number of methoxy groups -OCH3 is 2. The number of nitrogens with zero attached hydrogens (tertiary/aromatic N) is 3. The molecule has 9 unspecified atom stereocenters. The van der Waals surface area contributed by atoms with Gasteiger partial charge in [-0.15, -0.1) is 0 Å². The van der Waals surface area contributed by atoms with E-state index in [1.165, 1.54) is 58.4 Å². The summed E-state index contributed by atoms with van der Waals surface area (Å²) >= 11 is 3.29. The summed E-state index contributed by atoms with van der Waals surface area (Å²) in [5.41, 5.74) is 1.84. The average Bonchev–Trinajstić information content (AvgIpc) is 3.39. The van der Waals surface area contributed by atoms with Gasteiger partial charge in [0.15, 0.2) is 0 Å². The van der Waals surface area contributed by atoms with E-state index >= 15 is 0 Å². The van der Waals surface area contributed by atoms with Crippen molar-refractivity contribution in [3.05, 3.63) is 41.6 Å². The molecule has 0 aromatic heterocycles. The smallest absolute Gasteiger partial charge is 0.254 e. The van der Waals surface area contributed by atoms with Crippen LogP contribution in [0.5, 0.6) is 0 Å². The Hall–Kier alpha value is -4.72. The Bertz CT molecular complexity index is 1840. The second-order valence-electron chi connectivity index (χ2n) is 20.8. The minimum atomic E-state index is -0.836. The number of anilines is 1. The Morgan fingerprint density at radius 2 is 1.45 bits per heavy atom. The highest BCUT2D eigenvalue weighted by Crippen LogP contribution is 2.24. The van der Waals surface area contributed by atoms with Gasteiger partial charge in [-0.2, -0.15) is 0 Å². The van der Waals surface area contributed by atoms with Crippen molar-refractivity contribution in [1.82, 2.24) is 36.4 Å². The lowest BCUT2D eigenvalue weighted by Crippen LogP contribution is -2.51. The molecule has 6 N–H and O–H groups in total. The molecule has 1 aromatic rings. The molecule has 9 atom stereocenters. The number of likely N-dealkylation sites (N-methyl/N-ethyl adjacent to an activating group) is 1. The zero-order valence-electron chi connectivity index (χ0n) is 50.8. The number of halogens is 1. The standard InChI is InChI=1S/C20H25BrN6O4.C14H26N2O4.C14H30O.C7H17N.C3H8/c1-13(26-20(31)15-9-23-17(8-21)24-10-15)19(30)25-11-18(29)27-16-4-2-3-14(7-16)5-6-22-12-28;1-6-10(2)14(12(20-5)7-11(3)18)16(4)13(19)8-15-9-17;1-7-12(4)9-8-10-13(5)14(15-6)11(2)3;1-6(2)7(3)8(4)5;1-3-2/h2-4,7,9-10,12-13,17,23H,5-6,8,11H2,1H3,(H,22,28)(H,25,30)(H,26,31)(H,27,29);9-10,12,14H,6-8H2,1-5H3,(H,15,17);11-14H,7-10H2,1-6H3;6-7H,1-5H3;3H2,1-2H3. The number of hydrogen-bond donors (Lipinski definition) is 6. The number of aliphatic imine (C=N–C) groups is 1. The molecule has 0 aliphatic carbocycles. The molecule has 0 saturated carbocycles. The normalized spacial score (nSPS) is 15.5. The Morgan fingerprint density at radius 1 is 0.831 bits per heavy atom. The zero-order chi connectivity index (χ0) is 59.6. The Labute approximate surface area is 474 Å². The lowest BCUT2D eigenvalue weighted by molar-refractivity contribution is -0.138. The van der Waals surface area contributed by atoms with Gasteiger partial charge in [-0.3, -0.25) is 38.6 Å². The molecule has 2 rings (SSSR count). The Balaban J connectivity index is -0.00000102. The first kappa shape index (κ1) is 76.5. The summed E-state index contributed by atoms with van der Waals surface area (Å²) < 4.78 is 11.0. The number of benzene rings is 1. The number of ether oxygens (including phenoxy) is 2. The topological polar surface area (TPSA) is 229 Å². The molecule has 0 radical (unpaired) electrons. The molecule has 0 saturated heterocycles. The van der Waals surface area contributed by atoms with E-state index in [1.807, 2.05) is 27.0 Å². The Kier molecular flexibility index (Phi) is 45.9. The monoisotopic (exact) mass is 1150 g/mol. The van der Waals surface area contributed by atoms with Crippen LogP contribution in [-0.2, 0) is 49.5 Å². The second-order valence-corrected chi connectivity index (χ2v) is 21.4. The van der Waals surface area contributed by atoms with Crippen LogP contribution in [0.4, 0.5) is 5.69 Å². The Morgan fingerprint density at radius 3 is 1.91 bits per heavy atom. The molecule has 77 heavy (non-hydrogen) atoms. The summed E-state index contributed by atoms with van der Waals surface area (Å²) in [6.07, 6.45) is 12.4. The maximum Gasteiger partial charge on any atom is 0.254 e. The third-order valence-corrected chi connectivity index (χ3v) is 13.8. The quantitative estimate of drug-likeness (QED) is 0.0238. The number of Topliss-reactive ketones (excluding diaryl/α,β-unsaturated/α-hetero) is 1. The predicted molar refractivity (Wildman–Crippen MR) is 319 cm³/mol. The van der Waals surface area contributed by atoms with Crippen molar-refractivity contribution in [2.24, 2.45) is 34.6 Å². The van der Waals surface area contributed by atoms with E-state index < -0.39 is 23.8 Å². The fourth-order valence-electron chi connectivity index (χ4n) is 7.80. The first-order valence-electron chi connectivity index (χ1n) is 27.6. The van der Waals surface area contributed by atoms with Gasteiger partial charge in [-0.1, -0.05) is 136 Å². The van der Waals surface area contributed by atoms with Gasteiger partial charge in [0.05, 0.1) is 36.9 Å². The second kappa shape index (κ2) is 46.2. The number of carbonyl (C=O) groups is 7. The maximum absolute atomic E-state index is 12.2. The van der Waals surface area contributed by atoms with Crippen molar-refractivity contribution in [1.29, 1.82) is 0 Å². The maximum atomic E-state index is 12.2. The lowest BCUT2D eigenvalue weighted by atomic mass is 9.89. The lowest BCUT2D eigenvalue weighted by Gasteiger charge is -2.37. The molecule has 444 valence electrons. The van der Waals surface area contributed by atoms with E-state index in [1.54, 1.807) is 37.3 Å². The zero-order valence-corrected chi connectivity index (χ0v) is 52.4. The van der Waals surface area contributed by atoms with Crippen LogP contribution < -0.4 is 31.9 Å². The fraction of sp³-hybridized carbons (Fsp3) is 0.724. The van der Waals surface area contributed by atoms with Gasteiger partial charge < -0.3 is 51.2 Å². The van der Waals surface area contributed by atoms with Crippen LogP contribution >= 0.6 is 15.9 Å². The molecule has 1 heterocycles. The third-order valence-electron chi connectivity index (χ3n) is 13.1. The van der Waals surface area contributed by atoms with Crippen molar-refractivity contribution >= 4 is 70.1 Å². The van der Waals surface area contributed by atoms with Crippen molar-refractivity contribution in [3.63, 3.8) is 0 Å². The van der Waals surface area contributed by atoms with Crippen LogP contribution in [0.2, 0.25) is 0 Å². The summed E-state index contributed by atoms with van der Waals surface area (Å²) in [5, 5.41) is 16.2. The minimum Gasteiger partial charge on any atom is -0.381 e. The van der Waals surface area contributed by atoms with E-state index in [0.29, 0.717) is 66.4 Å². The van der Waals surface area contributed by atoms with Gasteiger partial charge in [0.2, 0.25) is 30.5 Å². The number of nitrogens with one attached hydrogen (secondary N) is 6. The summed E-state index contributed by atoms with van der Waals surface area (Å²) in [7, 11) is 9.30. The first-order chi connectivity index (χ1) is 36.3. The highest BCUT2D eigenvalue weighted by atomic mass is 79.9. The molecule has 1 aliphatic heterocycles. The van der Waals surface area contributed by atoms with Gasteiger partial charge in [0, 0.05) is 63.7 Å². The number of amides is 6. The van der Waals surface area contributed by atoms with Crippen molar-refractivity contribution in [3.8, 4) is 0 Å². The van der Waals surface area contributed by atoms with Crippen molar-refractivity contribution < 1.29 is 43.0 Å². The fourth-order valence-corrected chi connectivity index (χ4v) is 8.15. The number of ketones is 1. The number of alkyl halides is 1. The SMILES string of the molecule is CC(C)C(C)N(C)C.CC(NC(=O)C1=CNC(CBr)N=C1)C(=O)NCC(=O)Nc1cccc(CCNC=O)c1.CCC.CCC(C)C(C(CC(C)=O)OC)N(C)C(=O)CNC=O.CCC(C)CCCC(C)C(OC)C(C)C. The van der Waals surface area contributed by atoms with E-state index in [9.17, 15) is 33.6 Å². The molecule has 18 nitrogen and oxygen atoms in total. The molecular weight excluding hydrogens is 1050 g/mol. The highest BCUT2D eigenvalue weighted by Gasteiger charge is 2.33. The minimum absolute atomic E-state index is 0.0250. The summed E-state index contributed by atoms with van der Waals surface area (Å²) in [5.74, 6) is 1.65. The van der Waals surface area contributed by atoms with Gasteiger partial charge in [-0.25, -0.2) is 0 Å². The third kappa shape index (κ3) is 36.2. The highest BCUT2D eigenvalue weighted by molar-refractivity contribution is 9.09. The molecule has 6 amide bonds. The summed E-state index contributed by atoms with van der Waals surface area (Å²) in [4.78, 5) is 88.5. The molecule has 1 aliphatic rings. The van der Waals surface area contributed by atoms with E-state index in [-0.39, 0.29) is 55.4 Å². The summed E-state index contributed by atoms with van der Waals surface area (Å²) in [6, 6.07) is 6.87. The molecular formula is C58H106BrN9O9. The number of hydrogen-bond acceptors (Lipinski definition) is 12. The molecule has 0 bridgehead atoms. The van der Waals surface area contributed by atoms with Gasteiger partial charge in [0.1, 0.15) is 18.0 Å². The number of rotatable bonds is 31. The van der Waals surface area contributed by atoms with E-state index in [4.69, 9.17) is 9.47 Å². The molecule has 0 fully saturated rings. The van der Waals surface area contributed by atoms with E-state index in [2.05, 4.69) is 141 Å². The van der Waals surface area contributed by atoms with Crippen LogP contribution in [-0.4, -0.2) is 155 Å². The number of carbonyl (C=O) groups excluding carboxylic acids is 7. The van der Waals surface area contributed by atoms with Crippen LogP contribution in [0.3, 0.4) is 0 Å². The van der Waals surface area contributed by atoms with Crippen LogP contribution in [0, 0.1) is 29.6 Å². The van der Waals surface area contributed by atoms with Gasteiger partial charge in [0.25, 0.3) is 5.91 Å².